The van der Waals surface area contributed by atoms with Crippen molar-refractivity contribution < 1.29 is 26.7 Å². The maximum absolute atomic E-state index is 13.7. The van der Waals surface area contributed by atoms with Crippen LogP contribution in [0.2, 0.25) is 0 Å². The van der Waals surface area contributed by atoms with Crippen LogP contribution >= 0.6 is 0 Å². The minimum atomic E-state index is -4.56. The van der Waals surface area contributed by atoms with Gasteiger partial charge in [0.15, 0.2) is 0 Å². The molecule has 1 amide bonds. The molecule has 0 bridgehead atoms. The number of carbonyl (C=O) groups excluding carboxylic acids is 1. The number of hydrogen-bond acceptors (Lipinski definition) is 5. The van der Waals surface area contributed by atoms with Crippen molar-refractivity contribution in [3.05, 3.63) is 47.8 Å². The molecule has 11 heteroatoms. The van der Waals surface area contributed by atoms with Crippen LogP contribution in [0.4, 0.5) is 33.6 Å². The summed E-state index contributed by atoms with van der Waals surface area (Å²) in [7, 11) is 0. The third kappa shape index (κ3) is 4.78. The average molecular weight is 415 g/mol. The first kappa shape index (κ1) is 20.9. The molecule has 6 nitrogen and oxygen atoms in total. The topological polar surface area (TPSA) is 61.4 Å². The summed E-state index contributed by atoms with van der Waals surface area (Å²) in [6.07, 6.45) is -3.51. The van der Waals surface area contributed by atoms with Crippen LogP contribution in [0.1, 0.15) is 12.6 Å². The van der Waals surface area contributed by atoms with E-state index in [1.807, 2.05) is 0 Å². The van der Waals surface area contributed by atoms with E-state index in [9.17, 15) is 26.7 Å². The van der Waals surface area contributed by atoms with Gasteiger partial charge in [0.1, 0.15) is 23.0 Å². The van der Waals surface area contributed by atoms with Crippen LogP contribution in [0.5, 0.6) is 0 Å². The molecule has 1 aromatic heterocycles. The number of hydrogen-bond donors (Lipinski definition) is 1. The lowest BCUT2D eigenvalue weighted by Crippen LogP contribution is -2.53. The molecular formula is C18H18F5N5O. The van der Waals surface area contributed by atoms with Crippen LogP contribution in [0.15, 0.2) is 30.5 Å². The van der Waals surface area contributed by atoms with E-state index in [2.05, 4.69) is 15.3 Å². The average Bonchev–Trinajstić information content (AvgIpc) is 2.70. The van der Waals surface area contributed by atoms with Crippen molar-refractivity contribution in [2.75, 3.05) is 36.4 Å². The number of nitrogens with zero attached hydrogens (tertiary/aromatic N) is 4. The summed E-state index contributed by atoms with van der Waals surface area (Å²) in [6, 6.07) is 3.37. The van der Waals surface area contributed by atoms with Gasteiger partial charge in [-0.05, 0) is 25.1 Å². The molecule has 2 aromatic rings. The highest BCUT2D eigenvalue weighted by molar-refractivity contribution is 5.94. The van der Waals surface area contributed by atoms with Gasteiger partial charge in [0, 0.05) is 32.4 Å². The predicted molar refractivity (Wildman–Crippen MR) is 95.3 cm³/mol. The zero-order valence-electron chi connectivity index (χ0n) is 15.4. The predicted octanol–water partition coefficient (Wildman–Crippen LogP) is 2.92. The first-order chi connectivity index (χ1) is 13.7. The van der Waals surface area contributed by atoms with Crippen molar-refractivity contribution in [2.45, 2.75) is 19.1 Å². The monoisotopic (exact) mass is 415 g/mol. The van der Waals surface area contributed by atoms with Crippen molar-refractivity contribution in [3.63, 3.8) is 0 Å². The number of carbonyl (C=O) groups is 1. The van der Waals surface area contributed by atoms with Crippen molar-refractivity contribution >= 4 is 17.5 Å². The fourth-order valence-electron chi connectivity index (χ4n) is 2.98. The Morgan fingerprint density at radius 1 is 1.10 bits per heavy atom. The Balaban J connectivity index is 1.61. The minimum absolute atomic E-state index is 0.0370. The molecular weight excluding hydrogens is 397 g/mol. The van der Waals surface area contributed by atoms with Crippen LogP contribution in [-0.2, 0) is 11.0 Å². The van der Waals surface area contributed by atoms with E-state index in [1.54, 1.807) is 16.7 Å². The van der Waals surface area contributed by atoms with Gasteiger partial charge in [-0.25, -0.2) is 18.7 Å². The van der Waals surface area contributed by atoms with E-state index in [4.69, 9.17) is 0 Å². The standard InChI is InChI=1S/C18H18F5N5O/c1-11(16(29)26-15-12(19)3-2-4-13(15)20)27-7-9-28(10-8-27)17-24-6-5-14(25-17)18(21,22)23/h2-6,11H,7-10H2,1H3,(H,26,29). The maximum atomic E-state index is 13.7. The third-order valence-electron chi connectivity index (χ3n) is 4.67. The van der Waals surface area contributed by atoms with E-state index in [-0.39, 0.29) is 5.95 Å². The van der Waals surface area contributed by atoms with E-state index < -0.39 is 41.1 Å². The van der Waals surface area contributed by atoms with Gasteiger partial charge in [0.05, 0.1) is 6.04 Å². The number of nitrogens with one attached hydrogen (secondary N) is 1. The molecule has 0 saturated carbocycles. The van der Waals surface area contributed by atoms with Gasteiger partial charge in [-0.2, -0.15) is 13.2 Å². The molecule has 1 fully saturated rings. The maximum Gasteiger partial charge on any atom is 0.433 e. The highest BCUT2D eigenvalue weighted by Gasteiger charge is 2.34. The van der Waals surface area contributed by atoms with Gasteiger partial charge in [-0.15, -0.1) is 0 Å². The van der Waals surface area contributed by atoms with Gasteiger partial charge < -0.3 is 10.2 Å². The molecule has 1 aliphatic rings. The molecule has 1 saturated heterocycles. The van der Waals surface area contributed by atoms with Gasteiger partial charge in [0.2, 0.25) is 11.9 Å². The Kier molecular flexibility index (Phi) is 5.96. The molecule has 0 aliphatic carbocycles. The fourth-order valence-corrected chi connectivity index (χ4v) is 2.98. The molecule has 1 aliphatic heterocycles. The lowest BCUT2D eigenvalue weighted by atomic mass is 10.2. The number of para-hydroxylation sites is 1. The summed E-state index contributed by atoms with van der Waals surface area (Å²) in [5.74, 6) is -2.38. The Labute approximate surface area is 163 Å². The normalized spacial score (nSPS) is 16.6. The second-order valence-corrected chi connectivity index (χ2v) is 6.52. The fraction of sp³-hybridized carbons (Fsp3) is 0.389. The third-order valence-corrected chi connectivity index (χ3v) is 4.67. The number of aromatic nitrogens is 2. The second-order valence-electron chi connectivity index (χ2n) is 6.52. The van der Waals surface area contributed by atoms with E-state index in [0.717, 1.165) is 24.4 Å². The Bertz CT molecular complexity index is 863. The van der Waals surface area contributed by atoms with Crippen molar-refractivity contribution in [2.24, 2.45) is 0 Å². The van der Waals surface area contributed by atoms with E-state index in [1.165, 1.54) is 6.07 Å². The lowest BCUT2D eigenvalue weighted by Gasteiger charge is -2.37. The van der Waals surface area contributed by atoms with Gasteiger partial charge in [0.25, 0.3) is 0 Å². The number of benzene rings is 1. The van der Waals surface area contributed by atoms with E-state index in [0.29, 0.717) is 26.2 Å². The molecule has 1 N–H and O–H groups in total. The lowest BCUT2D eigenvalue weighted by molar-refractivity contribution is -0.141. The molecule has 1 unspecified atom stereocenters. The number of piperazine rings is 1. The van der Waals surface area contributed by atoms with Gasteiger partial charge in [-0.1, -0.05) is 6.07 Å². The van der Waals surface area contributed by atoms with Gasteiger partial charge in [-0.3, -0.25) is 9.69 Å². The Hall–Kier alpha value is -2.82. The molecule has 156 valence electrons. The van der Waals surface area contributed by atoms with Crippen molar-refractivity contribution in [1.29, 1.82) is 0 Å². The van der Waals surface area contributed by atoms with Crippen molar-refractivity contribution in [1.82, 2.24) is 14.9 Å². The summed E-state index contributed by atoms with van der Waals surface area (Å²) < 4.78 is 65.8. The summed E-state index contributed by atoms with van der Waals surface area (Å²) in [6.45, 7) is 2.87. The molecule has 29 heavy (non-hydrogen) atoms. The molecule has 0 radical (unpaired) electrons. The van der Waals surface area contributed by atoms with Crippen LogP contribution in [0.3, 0.4) is 0 Å². The van der Waals surface area contributed by atoms with Gasteiger partial charge >= 0.3 is 6.18 Å². The number of amides is 1. The summed E-state index contributed by atoms with van der Waals surface area (Å²) >= 11 is 0. The van der Waals surface area contributed by atoms with Crippen molar-refractivity contribution in [3.8, 4) is 0 Å². The molecule has 1 aromatic carbocycles. The van der Waals surface area contributed by atoms with Crippen LogP contribution in [0, 0.1) is 11.6 Å². The highest BCUT2D eigenvalue weighted by Crippen LogP contribution is 2.28. The van der Waals surface area contributed by atoms with Crippen LogP contribution < -0.4 is 10.2 Å². The Morgan fingerprint density at radius 3 is 2.31 bits per heavy atom. The molecule has 1 atom stereocenters. The number of halogens is 5. The number of rotatable bonds is 4. The highest BCUT2D eigenvalue weighted by atomic mass is 19.4. The van der Waals surface area contributed by atoms with E-state index >= 15 is 0 Å². The summed E-state index contributed by atoms with van der Waals surface area (Å²) in [5.41, 5.74) is -1.54. The first-order valence-corrected chi connectivity index (χ1v) is 8.81. The molecule has 0 spiro atoms. The second kappa shape index (κ2) is 8.27. The number of anilines is 2. The zero-order chi connectivity index (χ0) is 21.2. The smallest absolute Gasteiger partial charge is 0.338 e. The molecule has 2 heterocycles. The van der Waals surface area contributed by atoms with Crippen LogP contribution in [0.25, 0.3) is 0 Å². The quantitative estimate of drug-likeness (QED) is 0.779. The summed E-state index contributed by atoms with van der Waals surface area (Å²) in [5, 5.41) is 2.25. The van der Waals surface area contributed by atoms with Crippen LogP contribution in [-0.4, -0.2) is 53.0 Å². The Morgan fingerprint density at radius 2 is 1.72 bits per heavy atom. The minimum Gasteiger partial charge on any atom is -0.338 e. The SMILES string of the molecule is CC(C(=O)Nc1c(F)cccc1F)N1CCN(c2nccc(C(F)(F)F)n2)CC1. The number of alkyl halides is 3. The summed E-state index contributed by atoms with van der Waals surface area (Å²) in [4.78, 5) is 23.2. The zero-order valence-corrected chi connectivity index (χ0v) is 15.4. The molecule has 3 rings (SSSR count). The largest absolute Gasteiger partial charge is 0.433 e. The first-order valence-electron chi connectivity index (χ1n) is 8.81.